The van der Waals surface area contributed by atoms with Gasteiger partial charge in [-0.2, -0.15) is 5.10 Å². The van der Waals surface area contributed by atoms with Crippen LogP contribution in [0, 0.1) is 12.7 Å². The number of hydrogen-bond donors (Lipinski definition) is 3. The standard InChI is InChI=1S/C17H23FN4O.ClH/c1-12-14(11-20-21-12)10-19-9-13-2-3-17(16(18)8-13)22-6-4-15(23)5-7-22;/h2-3,8,11,15,19,23H,4-7,9-10H2,1H3,(H,20,21);1H. The largest absolute Gasteiger partial charge is 0.393 e. The summed E-state index contributed by atoms with van der Waals surface area (Å²) < 4.78 is 14.3. The number of benzene rings is 1. The highest BCUT2D eigenvalue weighted by atomic mass is 35.5. The van der Waals surface area contributed by atoms with Crippen molar-refractivity contribution in [3.63, 3.8) is 0 Å². The number of piperidine rings is 1. The Labute approximate surface area is 147 Å². The average Bonchev–Trinajstić information content (AvgIpc) is 2.94. The molecule has 1 aromatic carbocycles. The van der Waals surface area contributed by atoms with E-state index in [1.807, 2.05) is 24.0 Å². The molecule has 1 fully saturated rings. The summed E-state index contributed by atoms with van der Waals surface area (Å²) in [6, 6.07) is 5.39. The summed E-state index contributed by atoms with van der Waals surface area (Å²) in [6.45, 7) is 4.70. The highest BCUT2D eigenvalue weighted by Gasteiger charge is 2.19. The van der Waals surface area contributed by atoms with Gasteiger partial charge in [-0.15, -0.1) is 12.4 Å². The average molecular weight is 355 g/mol. The van der Waals surface area contributed by atoms with Crippen LogP contribution in [-0.4, -0.2) is 34.5 Å². The zero-order chi connectivity index (χ0) is 16.2. The first-order chi connectivity index (χ1) is 11.1. The van der Waals surface area contributed by atoms with Crippen molar-refractivity contribution in [3.05, 3.63) is 47.0 Å². The van der Waals surface area contributed by atoms with E-state index in [4.69, 9.17) is 0 Å². The Kier molecular flexibility index (Phi) is 6.60. The van der Waals surface area contributed by atoms with Crippen LogP contribution in [0.2, 0.25) is 0 Å². The minimum atomic E-state index is -0.246. The van der Waals surface area contributed by atoms with Crippen molar-refractivity contribution < 1.29 is 9.50 Å². The van der Waals surface area contributed by atoms with E-state index >= 15 is 0 Å². The second kappa shape index (κ2) is 8.46. The SMILES string of the molecule is Cc1[nH]ncc1CNCc1ccc(N2CCC(O)CC2)c(F)c1.Cl. The lowest BCUT2D eigenvalue weighted by molar-refractivity contribution is 0.145. The van der Waals surface area contributed by atoms with E-state index in [1.54, 1.807) is 12.3 Å². The maximum atomic E-state index is 14.3. The third-order valence-corrected chi connectivity index (χ3v) is 4.40. The second-order valence-electron chi connectivity index (χ2n) is 6.13. The topological polar surface area (TPSA) is 64.2 Å². The summed E-state index contributed by atoms with van der Waals surface area (Å²) in [5.41, 5.74) is 3.72. The van der Waals surface area contributed by atoms with Crippen LogP contribution in [0.15, 0.2) is 24.4 Å². The van der Waals surface area contributed by atoms with Gasteiger partial charge in [-0.05, 0) is 37.5 Å². The molecule has 0 aliphatic carbocycles. The van der Waals surface area contributed by atoms with Crippen molar-refractivity contribution in [1.82, 2.24) is 15.5 Å². The van der Waals surface area contributed by atoms with Crippen LogP contribution < -0.4 is 10.2 Å². The van der Waals surface area contributed by atoms with E-state index in [9.17, 15) is 9.50 Å². The minimum absolute atomic E-state index is 0. The molecule has 0 unspecified atom stereocenters. The smallest absolute Gasteiger partial charge is 0.146 e. The van der Waals surface area contributed by atoms with E-state index in [0.29, 0.717) is 44.7 Å². The molecule has 0 saturated carbocycles. The molecule has 0 atom stereocenters. The predicted molar refractivity (Wildman–Crippen MR) is 95.0 cm³/mol. The normalized spacial score (nSPS) is 15.4. The maximum Gasteiger partial charge on any atom is 0.146 e. The van der Waals surface area contributed by atoms with Crippen molar-refractivity contribution in [2.24, 2.45) is 0 Å². The summed E-state index contributed by atoms with van der Waals surface area (Å²) in [6.07, 6.45) is 2.96. The van der Waals surface area contributed by atoms with Crippen LogP contribution in [0.5, 0.6) is 0 Å². The number of halogens is 2. The summed E-state index contributed by atoms with van der Waals surface area (Å²) in [7, 11) is 0. The number of aromatic nitrogens is 2. The Morgan fingerprint density at radius 1 is 1.33 bits per heavy atom. The molecule has 5 nitrogen and oxygen atoms in total. The summed E-state index contributed by atoms with van der Waals surface area (Å²) in [5.74, 6) is -0.194. The van der Waals surface area contributed by atoms with E-state index in [1.165, 1.54) is 0 Å². The van der Waals surface area contributed by atoms with Gasteiger partial charge in [0.2, 0.25) is 0 Å². The van der Waals surface area contributed by atoms with Gasteiger partial charge in [0, 0.05) is 37.4 Å². The van der Waals surface area contributed by atoms with Gasteiger partial charge in [0.25, 0.3) is 0 Å². The van der Waals surface area contributed by atoms with E-state index in [0.717, 1.165) is 16.8 Å². The summed E-state index contributed by atoms with van der Waals surface area (Å²) in [4.78, 5) is 2.01. The van der Waals surface area contributed by atoms with Gasteiger partial charge >= 0.3 is 0 Å². The Morgan fingerprint density at radius 3 is 2.71 bits per heavy atom. The number of rotatable bonds is 5. The molecule has 0 spiro atoms. The van der Waals surface area contributed by atoms with Gasteiger partial charge in [-0.3, -0.25) is 5.10 Å². The first-order valence-electron chi connectivity index (χ1n) is 8.04. The molecule has 7 heteroatoms. The number of H-pyrrole nitrogens is 1. The molecular weight excluding hydrogens is 331 g/mol. The van der Waals surface area contributed by atoms with Crippen molar-refractivity contribution in [2.75, 3.05) is 18.0 Å². The monoisotopic (exact) mass is 354 g/mol. The van der Waals surface area contributed by atoms with Crippen molar-refractivity contribution in [1.29, 1.82) is 0 Å². The van der Waals surface area contributed by atoms with Crippen molar-refractivity contribution in [2.45, 2.75) is 39.0 Å². The molecule has 1 aliphatic rings. The van der Waals surface area contributed by atoms with Crippen molar-refractivity contribution in [3.8, 4) is 0 Å². The molecule has 1 aliphatic heterocycles. The molecule has 0 bridgehead atoms. The highest BCUT2D eigenvalue weighted by molar-refractivity contribution is 5.85. The zero-order valence-corrected chi connectivity index (χ0v) is 14.6. The molecule has 0 radical (unpaired) electrons. The number of aliphatic hydroxyl groups excluding tert-OH is 1. The quantitative estimate of drug-likeness (QED) is 0.772. The molecule has 2 heterocycles. The minimum Gasteiger partial charge on any atom is -0.393 e. The number of anilines is 1. The molecular formula is C17H24ClFN4O. The lowest BCUT2D eigenvalue weighted by Gasteiger charge is -2.31. The lowest BCUT2D eigenvalue weighted by Crippen LogP contribution is -2.36. The molecule has 132 valence electrons. The Bertz CT molecular complexity index is 656. The first kappa shape index (κ1) is 18.7. The molecule has 1 aromatic heterocycles. The van der Waals surface area contributed by atoms with Crippen molar-refractivity contribution >= 4 is 18.1 Å². The van der Waals surface area contributed by atoms with E-state index in [2.05, 4.69) is 15.5 Å². The van der Waals surface area contributed by atoms with E-state index < -0.39 is 0 Å². The first-order valence-corrected chi connectivity index (χ1v) is 8.04. The number of aromatic amines is 1. The summed E-state index contributed by atoms with van der Waals surface area (Å²) in [5, 5.41) is 19.7. The number of nitrogens with zero attached hydrogens (tertiary/aromatic N) is 2. The van der Waals surface area contributed by atoms with Gasteiger partial charge < -0.3 is 15.3 Å². The van der Waals surface area contributed by atoms with Crippen LogP contribution >= 0.6 is 12.4 Å². The Morgan fingerprint density at radius 2 is 2.08 bits per heavy atom. The number of hydrogen-bond acceptors (Lipinski definition) is 4. The lowest BCUT2D eigenvalue weighted by atomic mass is 10.1. The Balaban J connectivity index is 0.00000208. The van der Waals surface area contributed by atoms with Gasteiger partial charge in [-0.1, -0.05) is 6.07 Å². The fraction of sp³-hybridized carbons (Fsp3) is 0.471. The number of aliphatic hydroxyl groups is 1. The van der Waals surface area contributed by atoms with Crippen LogP contribution in [-0.2, 0) is 13.1 Å². The second-order valence-corrected chi connectivity index (χ2v) is 6.13. The van der Waals surface area contributed by atoms with Gasteiger partial charge in [-0.25, -0.2) is 4.39 Å². The molecule has 3 N–H and O–H groups in total. The summed E-state index contributed by atoms with van der Waals surface area (Å²) >= 11 is 0. The van der Waals surface area contributed by atoms with Crippen LogP contribution in [0.1, 0.15) is 29.7 Å². The zero-order valence-electron chi connectivity index (χ0n) is 13.8. The fourth-order valence-corrected chi connectivity index (χ4v) is 2.92. The Hall–Kier alpha value is -1.63. The molecule has 3 rings (SSSR count). The predicted octanol–water partition coefficient (Wildman–Crippen LogP) is 2.53. The molecule has 24 heavy (non-hydrogen) atoms. The molecule has 0 amide bonds. The maximum absolute atomic E-state index is 14.3. The third kappa shape index (κ3) is 4.47. The molecule has 2 aromatic rings. The number of nitrogens with one attached hydrogen (secondary N) is 2. The van der Waals surface area contributed by atoms with Crippen LogP contribution in [0.4, 0.5) is 10.1 Å². The highest BCUT2D eigenvalue weighted by Crippen LogP contribution is 2.24. The van der Waals surface area contributed by atoms with Gasteiger partial charge in [0.1, 0.15) is 5.82 Å². The third-order valence-electron chi connectivity index (χ3n) is 4.40. The number of aryl methyl sites for hydroxylation is 1. The fourth-order valence-electron chi connectivity index (χ4n) is 2.92. The molecule has 1 saturated heterocycles. The van der Waals surface area contributed by atoms with Crippen LogP contribution in [0.3, 0.4) is 0 Å². The van der Waals surface area contributed by atoms with E-state index in [-0.39, 0.29) is 24.3 Å². The van der Waals surface area contributed by atoms with Crippen LogP contribution in [0.25, 0.3) is 0 Å². The van der Waals surface area contributed by atoms with Gasteiger partial charge in [0.05, 0.1) is 18.0 Å². The van der Waals surface area contributed by atoms with Gasteiger partial charge in [0.15, 0.2) is 0 Å².